The van der Waals surface area contributed by atoms with Gasteiger partial charge in [-0.1, -0.05) is 6.07 Å². The highest BCUT2D eigenvalue weighted by Gasteiger charge is 2.15. The van der Waals surface area contributed by atoms with E-state index in [1.165, 1.54) is 0 Å². The molecule has 0 atom stereocenters. The molecule has 0 fully saturated rings. The van der Waals surface area contributed by atoms with E-state index in [-0.39, 0.29) is 13.2 Å². The molecule has 0 aliphatic rings. The summed E-state index contributed by atoms with van der Waals surface area (Å²) in [6.07, 6.45) is 3.60. The number of pyridine rings is 1. The third-order valence-electron chi connectivity index (χ3n) is 3.77. The Morgan fingerprint density at radius 1 is 1.18 bits per heavy atom. The van der Waals surface area contributed by atoms with E-state index in [0.717, 1.165) is 35.6 Å². The molecule has 2 aromatic rings. The molecular weight excluding hydrogens is 280 g/mol. The summed E-state index contributed by atoms with van der Waals surface area (Å²) in [7, 11) is 0. The normalized spacial score (nSPS) is 11.3. The minimum absolute atomic E-state index is 0.0808. The van der Waals surface area contributed by atoms with Crippen molar-refractivity contribution in [3.8, 4) is 0 Å². The van der Waals surface area contributed by atoms with Crippen LogP contribution in [0.1, 0.15) is 22.5 Å². The summed E-state index contributed by atoms with van der Waals surface area (Å²) in [4.78, 5) is 6.31. The Morgan fingerprint density at radius 2 is 2.00 bits per heavy atom. The first-order valence-electron chi connectivity index (χ1n) is 7.51. The number of aryl methyl sites for hydroxylation is 1. The number of aromatic nitrogens is 3. The fourth-order valence-electron chi connectivity index (χ4n) is 2.60. The zero-order valence-corrected chi connectivity index (χ0v) is 13.2. The van der Waals surface area contributed by atoms with Crippen molar-refractivity contribution >= 4 is 0 Å². The maximum absolute atomic E-state index is 9.31. The van der Waals surface area contributed by atoms with E-state index in [1.807, 2.05) is 36.9 Å². The Hall–Kier alpha value is -1.76. The summed E-state index contributed by atoms with van der Waals surface area (Å²) in [6, 6.07) is 3.95. The van der Waals surface area contributed by atoms with Gasteiger partial charge in [-0.3, -0.25) is 14.6 Å². The first-order chi connectivity index (χ1) is 10.7. The second-order valence-corrected chi connectivity index (χ2v) is 5.39. The van der Waals surface area contributed by atoms with Crippen LogP contribution in [0, 0.1) is 13.8 Å². The van der Waals surface area contributed by atoms with Crippen LogP contribution in [0.3, 0.4) is 0 Å². The van der Waals surface area contributed by atoms with Crippen LogP contribution in [-0.2, 0) is 19.6 Å². The molecule has 0 aliphatic heterocycles. The van der Waals surface area contributed by atoms with E-state index >= 15 is 0 Å². The van der Waals surface area contributed by atoms with Crippen LogP contribution < -0.4 is 0 Å². The van der Waals surface area contributed by atoms with Crippen molar-refractivity contribution in [3.05, 3.63) is 47.0 Å². The van der Waals surface area contributed by atoms with Crippen LogP contribution in [0.2, 0.25) is 0 Å². The third-order valence-corrected chi connectivity index (χ3v) is 3.77. The van der Waals surface area contributed by atoms with Crippen molar-refractivity contribution in [3.63, 3.8) is 0 Å². The number of nitrogens with zero attached hydrogens (tertiary/aromatic N) is 4. The molecule has 2 aromatic heterocycles. The number of aliphatic hydroxyl groups is 2. The summed E-state index contributed by atoms with van der Waals surface area (Å²) >= 11 is 0. The molecular formula is C16H24N4O2. The van der Waals surface area contributed by atoms with E-state index in [4.69, 9.17) is 5.11 Å². The van der Waals surface area contributed by atoms with Crippen LogP contribution in [0.25, 0.3) is 0 Å². The van der Waals surface area contributed by atoms with Crippen molar-refractivity contribution < 1.29 is 10.2 Å². The smallest absolute Gasteiger partial charge is 0.0644 e. The average Bonchev–Trinajstić information content (AvgIpc) is 2.77. The predicted molar refractivity (Wildman–Crippen MR) is 84.2 cm³/mol. The number of hydrogen-bond donors (Lipinski definition) is 2. The molecule has 120 valence electrons. The van der Waals surface area contributed by atoms with Crippen LogP contribution in [-0.4, -0.2) is 49.6 Å². The van der Waals surface area contributed by atoms with Gasteiger partial charge in [0.15, 0.2) is 0 Å². The molecule has 6 nitrogen and oxygen atoms in total. The lowest BCUT2D eigenvalue weighted by Gasteiger charge is -2.21. The van der Waals surface area contributed by atoms with E-state index in [2.05, 4.69) is 15.0 Å². The SMILES string of the molecule is Cc1nn(CCO)c(C)c1CN(CCO)Cc1cccnc1. The fraction of sp³-hybridized carbons (Fsp3) is 0.500. The third kappa shape index (κ3) is 4.13. The lowest BCUT2D eigenvalue weighted by atomic mass is 10.1. The average molecular weight is 304 g/mol. The Bertz CT molecular complexity index is 583. The van der Waals surface area contributed by atoms with Crippen molar-refractivity contribution in [2.24, 2.45) is 0 Å². The highest BCUT2D eigenvalue weighted by molar-refractivity contribution is 5.24. The molecule has 6 heteroatoms. The van der Waals surface area contributed by atoms with Gasteiger partial charge in [0, 0.05) is 43.3 Å². The molecule has 0 amide bonds. The van der Waals surface area contributed by atoms with Gasteiger partial charge in [0.2, 0.25) is 0 Å². The lowest BCUT2D eigenvalue weighted by Crippen LogP contribution is -2.26. The lowest BCUT2D eigenvalue weighted by molar-refractivity contribution is 0.183. The van der Waals surface area contributed by atoms with Gasteiger partial charge in [-0.05, 0) is 25.5 Å². The molecule has 2 heterocycles. The molecule has 0 spiro atoms. The van der Waals surface area contributed by atoms with E-state index in [9.17, 15) is 5.11 Å². The standard InChI is InChI=1S/C16H24N4O2/c1-13-16(14(2)20(18-13)7-9-22)12-19(6-8-21)11-15-4-3-5-17-10-15/h3-5,10,21-22H,6-9,11-12H2,1-2H3. The van der Waals surface area contributed by atoms with Gasteiger partial charge in [0.05, 0.1) is 25.5 Å². The first kappa shape index (κ1) is 16.6. The zero-order chi connectivity index (χ0) is 15.9. The quantitative estimate of drug-likeness (QED) is 0.757. The topological polar surface area (TPSA) is 74.4 Å². The van der Waals surface area contributed by atoms with Crippen molar-refractivity contribution in [2.75, 3.05) is 19.8 Å². The summed E-state index contributed by atoms with van der Waals surface area (Å²) in [5, 5.41) is 22.9. The molecule has 0 unspecified atom stereocenters. The molecule has 0 aliphatic carbocycles. The Kier molecular flexibility index (Phi) is 6.06. The summed E-state index contributed by atoms with van der Waals surface area (Å²) < 4.78 is 1.84. The minimum Gasteiger partial charge on any atom is -0.395 e. The fourth-order valence-corrected chi connectivity index (χ4v) is 2.60. The molecule has 0 radical (unpaired) electrons. The van der Waals surface area contributed by atoms with Gasteiger partial charge < -0.3 is 10.2 Å². The van der Waals surface area contributed by atoms with Crippen LogP contribution in [0.15, 0.2) is 24.5 Å². The van der Waals surface area contributed by atoms with E-state index in [1.54, 1.807) is 6.20 Å². The van der Waals surface area contributed by atoms with Gasteiger partial charge in [-0.2, -0.15) is 5.10 Å². The highest BCUT2D eigenvalue weighted by Crippen LogP contribution is 2.17. The molecule has 0 aromatic carbocycles. The number of aliphatic hydroxyl groups excluding tert-OH is 2. The molecule has 0 bridgehead atoms. The van der Waals surface area contributed by atoms with Gasteiger partial charge in [0.1, 0.15) is 0 Å². The Balaban J connectivity index is 2.14. The van der Waals surface area contributed by atoms with Crippen LogP contribution in [0.4, 0.5) is 0 Å². The van der Waals surface area contributed by atoms with Crippen molar-refractivity contribution in [1.82, 2.24) is 19.7 Å². The first-order valence-corrected chi connectivity index (χ1v) is 7.51. The number of rotatable bonds is 8. The van der Waals surface area contributed by atoms with Crippen molar-refractivity contribution in [2.45, 2.75) is 33.5 Å². The summed E-state index contributed by atoms with van der Waals surface area (Å²) in [5.41, 5.74) is 4.32. The second kappa shape index (κ2) is 8.03. The maximum atomic E-state index is 9.31. The molecule has 2 N–H and O–H groups in total. The molecule has 2 rings (SSSR count). The molecule has 22 heavy (non-hydrogen) atoms. The summed E-state index contributed by atoms with van der Waals surface area (Å²) in [5.74, 6) is 0. The van der Waals surface area contributed by atoms with Gasteiger partial charge in [-0.15, -0.1) is 0 Å². The Morgan fingerprint density at radius 3 is 2.64 bits per heavy atom. The largest absolute Gasteiger partial charge is 0.395 e. The monoisotopic (exact) mass is 304 g/mol. The van der Waals surface area contributed by atoms with Gasteiger partial charge in [-0.25, -0.2) is 0 Å². The molecule has 0 saturated heterocycles. The zero-order valence-electron chi connectivity index (χ0n) is 13.2. The highest BCUT2D eigenvalue weighted by atomic mass is 16.3. The Labute approximate surface area is 131 Å². The van der Waals surface area contributed by atoms with Crippen molar-refractivity contribution in [1.29, 1.82) is 0 Å². The predicted octanol–water partition coefficient (Wildman–Crippen LogP) is 0.882. The van der Waals surface area contributed by atoms with E-state index in [0.29, 0.717) is 13.1 Å². The van der Waals surface area contributed by atoms with Gasteiger partial charge >= 0.3 is 0 Å². The second-order valence-electron chi connectivity index (χ2n) is 5.39. The number of hydrogen-bond acceptors (Lipinski definition) is 5. The molecule has 0 saturated carbocycles. The summed E-state index contributed by atoms with van der Waals surface area (Å²) in [6.45, 7) is 6.76. The van der Waals surface area contributed by atoms with E-state index < -0.39 is 0 Å². The van der Waals surface area contributed by atoms with Crippen LogP contribution >= 0.6 is 0 Å². The van der Waals surface area contributed by atoms with Crippen LogP contribution in [0.5, 0.6) is 0 Å². The minimum atomic E-state index is 0.0808. The van der Waals surface area contributed by atoms with Gasteiger partial charge in [0.25, 0.3) is 0 Å². The maximum Gasteiger partial charge on any atom is 0.0644 e.